The highest BCUT2D eigenvalue weighted by atomic mass is 16.5. The molecule has 1 amide bonds. The number of nitrogens with one attached hydrogen (secondary N) is 1. The number of benzene rings is 3. The monoisotopic (exact) mass is 538 g/mol. The molecule has 1 N–H and O–H groups in total. The molecule has 7 nitrogen and oxygen atoms in total. The van der Waals surface area contributed by atoms with Crippen molar-refractivity contribution >= 4 is 11.6 Å². The van der Waals surface area contributed by atoms with Crippen LogP contribution in [0.3, 0.4) is 0 Å². The Morgan fingerprint density at radius 3 is 2.48 bits per heavy atom. The largest absolute Gasteiger partial charge is 0.493 e. The molecular formula is C33H38N4O3. The Labute approximate surface area is 236 Å². The van der Waals surface area contributed by atoms with Crippen molar-refractivity contribution in [3.8, 4) is 17.1 Å². The molecule has 0 spiro atoms. The van der Waals surface area contributed by atoms with Gasteiger partial charge in [0, 0.05) is 29.7 Å². The SMILES string of the molecule is CC(C)(C)c1ccc(-c2noc(CN3CCC(C(=O)Nc4cccc(OCCc5ccccc5)c4)CC3)n2)cc1. The first-order valence-corrected chi connectivity index (χ1v) is 14.1. The Morgan fingerprint density at radius 1 is 1.00 bits per heavy atom. The molecule has 0 bridgehead atoms. The summed E-state index contributed by atoms with van der Waals surface area (Å²) >= 11 is 0. The van der Waals surface area contributed by atoms with Crippen LogP contribution in [0.25, 0.3) is 11.4 Å². The number of piperidine rings is 1. The predicted octanol–water partition coefficient (Wildman–Crippen LogP) is 6.51. The zero-order valence-corrected chi connectivity index (χ0v) is 23.6. The fourth-order valence-electron chi connectivity index (χ4n) is 4.94. The summed E-state index contributed by atoms with van der Waals surface area (Å²) in [7, 11) is 0. The molecule has 1 fully saturated rings. The number of nitrogens with zero attached hydrogens (tertiary/aromatic N) is 3. The lowest BCUT2D eigenvalue weighted by atomic mass is 9.87. The molecule has 5 rings (SSSR count). The minimum atomic E-state index is -0.0292. The van der Waals surface area contributed by atoms with Crippen molar-refractivity contribution < 1.29 is 14.1 Å². The lowest BCUT2D eigenvalue weighted by molar-refractivity contribution is -0.121. The number of hydrogen-bond acceptors (Lipinski definition) is 6. The van der Waals surface area contributed by atoms with Gasteiger partial charge in [-0.1, -0.05) is 86.6 Å². The van der Waals surface area contributed by atoms with Crippen LogP contribution in [-0.4, -0.2) is 40.6 Å². The van der Waals surface area contributed by atoms with E-state index < -0.39 is 0 Å². The minimum absolute atomic E-state index is 0.0292. The van der Waals surface area contributed by atoms with Crippen molar-refractivity contribution in [1.82, 2.24) is 15.0 Å². The molecule has 3 aromatic carbocycles. The third-order valence-electron chi connectivity index (χ3n) is 7.40. The molecule has 4 aromatic rings. The number of anilines is 1. The van der Waals surface area contributed by atoms with Crippen molar-refractivity contribution in [3.05, 3.63) is 95.9 Å². The second kappa shape index (κ2) is 12.5. The molecule has 0 aliphatic carbocycles. The topological polar surface area (TPSA) is 80.5 Å². The average molecular weight is 539 g/mol. The Hall–Kier alpha value is -3.97. The highest BCUT2D eigenvalue weighted by molar-refractivity contribution is 5.92. The van der Waals surface area contributed by atoms with Crippen molar-refractivity contribution in [3.63, 3.8) is 0 Å². The number of ether oxygens (including phenoxy) is 1. The Morgan fingerprint density at radius 2 is 1.75 bits per heavy atom. The molecule has 0 radical (unpaired) electrons. The Bertz CT molecular complexity index is 1390. The maximum atomic E-state index is 13.0. The quantitative estimate of drug-likeness (QED) is 0.262. The standard InChI is InChI=1S/C33H38N4O3/c1-33(2,3)27-14-12-25(13-15-27)31-35-30(40-36-31)23-37-19-16-26(17-20-37)32(38)34-28-10-7-11-29(22-28)39-21-18-24-8-5-4-6-9-24/h4-15,22,26H,16-21,23H2,1-3H3,(H,34,38). The summed E-state index contributed by atoms with van der Waals surface area (Å²) < 4.78 is 11.5. The van der Waals surface area contributed by atoms with Crippen molar-refractivity contribution in [2.75, 3.05) is 25.0 Å². The van der Waals surface area contributed by atoms with Crippen LogP contribution >= 0.6 is 0 Å². The van der Waals surface area contributed by atoms with Gasteiger partial charge in [0.1, 0.15) is 5.75 Å². The van der Waals surface area contributed by atoms with Crippen molar-refractivity contribution in [2.45, 2.75) is 52.0 Å². The molecule has 0 unspecified atom stereocenters. The van der Waals surface area contributed by atoms with Gasteiger partial charge in [-0.15, -0.1) is 0 Å². The number of carbonyl (C=O) groups excluding carboxylic acids is 1. The van der Waals surface area contributed by atoms with Crippen molar-refractivity contribution in [2.24, 2.45) is 5.92 Å². The molecule has 1 saturated heterocycles. The van der Waals surface area contributed by atoms with Gasteiger partial charge in [-0.05, 0) is 54.6 Å². The van der Waals surface area contributed by atoms with Gasteiger partial charge in [-0.2, -0.15) is 4.98 Å². The van der Waals surface area contributed by atoms with Crippen LogP contribution in [0.5, 0.6) is 5.75 Å². The molecule has 1 aliphatic heterocycles. The molecule has 1 aromatic heterocycles. The van der Waals surface area contributed by atoms with E-state index in [1.807, 2.05) is 54.6 Å². The predicted molar refractivity (Wildman–Crippen MR) is 157 cm³/mol. The molecule has 208 valence electrons. The first kappa shape index (κ1) is 27.6. The maximum absolute atomic E-state index is 13.0. The van der Waals surface area contributed by atoms with E-state index in [0.717, 1.165) is 49.4 Å². The van der Waals surface area contributed by atoms with Crippen LogP contribution in [0.4, 0.5) is 5.69 Å². The van der Waals surface area contributed by atoms with E-state index in [1.54, 1.807) is 0 Å². The lowest BCUT2D eigenvalue weighted by Crippen LogP contribution is -2.37. The van der Waals surface area contributed by atoms with Crippen LogP contribution in [-0.2, 0) is 23.2 Å². The molecule has 0 atom stereocenters. The lowest BCUT2D eigenvalue weighted by Gasteiger charge is -2.30. The summed E-state index contributed by atoms with van der Waals surface area (Å²) in [6.45, 7) is 9.38. The van der Waals surface area contributed by atoms with Gasteiger partial charge in [0.25, 0.3) is 0 Å². The number of aromatic nitrogens is 2. The maximum Gasteiger partial charge on any atom is 0.241 e. The van der Waals surface area contributed by atoms with E-state index in [-0.39, 0.29) is 17.2 Å². The van der Waals surface area contributed by atoms with Crippen LogP contribution < -0.4 is 10.1 Å². The van der Waals surface area contributed by atoms with Gasteiger partial charge in [-0.25, -0.2) is 0 Å². The minimum Gasteiger partial charge on any atom is -0.493 e. The number of hydrogen-bond donors (Lipinski definition) is 1. The Kier molecular flexibility index (Phi) is 8.60. The first-order chi connectivity index (χ1) is 19.3. The molecule has 0 saturated carbocycles. The fraction of sp³-hybridized carbons (Fsp3) is 0.364. The average Bonchev–Trinajstić information content (AvgIpc) is 3.42. The summed E-state index contributed by atoms with van der Waals surface area (Å²) in [4.78, 5) is 19.9. The van der Waals surface area contributed by atoms with E-state index in [9.17, 15) is 4.79 Å². The second-order valence-electron chi connectivity index (χ2n) is 11.5. The highest BCUT2D eigenvalue weighted by Gasteiger charge is 2.26. The molecule has 1 aliphatic rings. The van der Waals surface area contributed by atoms with E-state index in [4.69, 9.17) is 9.26 Å². The first-order valence-electron chi connectivity index (χ1n) is 14.1. The van der Waals surface area contributed by atoms with Gasteiger partial charge in [0.2, 0.25) is 17.6 Å². The molecular weight excluding hydrogens is 500 g/mol. The van der Waals surface area contributed by atoms with Gasteiger partial charge in [-0.3, -0.25) is 9.69 Å². The zero-order valence-electron chi connectivity index (χ0n) is 23.6. The molecule has 2 heterocycles. The highest BCUT2D eigenvalue weighted by Crippen LogP contribution is 2.26. The fourth-order valence-corrected chi connectivity index (χ4v) is 4.94. The van der Waals surface area contributed by atoms with Gasteiger partial charge in [0.15, 0.2) is 0 Å². The summed E-state index contributed by atoms with van der Waals surface area (Å²) in [5, 5.41) is 7.27. The summed E-state index contributed by atoms with van der Waals surface area (Å²) in [6, 6.07) is 26.2. The van der Waals surface area contributed by atoms with Crippen LogP contribution in [0.1, 0.15) is 50.6 Å². The van der Waals surface area contributed by atoms with Crippen LogP contribution in [0.15, 0.2) is 83.4 Å². The number of rotatable bonds is 9. The number of amides is 1. The normalized spacial score (nSPS) is 14.7. The summed E-state index contributed by atoms with van der Waals surface area (Å²) in [5.74, 6) is 1.99. The second-order valence-corrected chi connectivity index (χ2v) is 11.5. The summed E-state index contributed by atoms with van der Waals surface area (Å²) in [5.41, 5.74) is 4.32. The van der Waals surface area contributed by atoms with Crippen LogP contribution in [0.2, 0.25) is 0 Å². The summed E-state index contributed by atoms with van der Waals surface area (Å²) in [6.07, 6.45) is 2.41. The number of carbonyl (C=O) groups is 1. The van der Waals surface area contributed by atoms with E-state index in [2.05, 4.69) is 65.4 Å². The number of likely N-dealkylation sites (tertiary alicyclic amines) is 1. The third kappa shape index (κ3) is 7.36. The Balaban J connectivity index is 1.07. The van der Waals surface area contributed by atoms with E-state index in [0.29, 0.717) is 24.9 Å². The van der Waals surface area contributed by atoms with Crippen molar-refractivity contribution in [1.29, 1.82) is 0 Å². The smallest absolute Gasteiger partial charge is 0.241 e. The van der Waals surface area contributed by atoms with Gasteiger partial charge >= 0.3 is 0 Å². The molecule has 7 heteroatoms. The third-order valence-corrected chi connectivity index (χ3v) is 7.40. The van der Waals surface area contributed by atoms with E-state index in [1.165, 1.54) is 11.1 Å². The van der Waals surface area contributed by atoms with Gasteiger partial charge < -0.3 is 14.6 Å². The molecule has 40 heavy (non-hydrogen) atoms. The van der Waals surface area contributed by atoms with Gasteiger partial charge in [0.05, 0.1) is 13.2 Å². The van der Waals surface area contributed by atoms with E-state index >= 15 is 0 Å². The van der Waals surface area contributed by atoms with Crippen LogP contribution in [0, 0.1) is 5.92 Å². The zero-order chi connectivity index (χ0) is 28.0.